The van der Waals surface area contributed by atoms with Crippen molar-refractivity contribution in [2.45, 2.75) is 44.3 Å². The van der Waals surface area contributed by atoms with Gasteiger partial charge in [-0.1, -0.05) is 47.7 Å². The molecule has 4 rings (SSSR count). The van der Waals surface area contributed by atoms with Gasteiger partial charge in [0.05, 0.1) is 11.1 Å². The third-order valence-corrected chi connectivity index (χ3v) is 7.22. The predicted molar refractivity (Wildman–Crippen MR) is 117 cm³/mol. The summed E-state index contributed by atoms with van der Waals surface area (Å²) in [6.07, 6.45) is 6.00. The van der Waals surface area contributed by atoms with E-state index >= 15 is 0 Å². The van der Waals surface area contributed by atoms with Crippen LogP contribution in [0.1, 0.15) is 39.2 Å². The summed E-state index contributed by atoms with van der Waals surface area (Å²) in [6, 6.07) is 7.57. The zero-order valence-corrected chi connectivity index (χ0v) is 17.5. The number of hydrogen-bond acceptors (Lipinski definition) is 5. The first kappa shape index (κ1) is 19.2. The van der Waals surface area contributed by atoms with E-state index in [0.29, 0.717) is 17.3 Å². The number of fused-ring (bicyclic) bond motifs is 3. The molecule has 4 nitrogen and oxygen atoms in total. The highest BCUT2D eigenvalue weighted by Crippen LogP contribution is 2.34. The Morgan fingerprint density at radius 2 is 2.04 bits per heavy atom. The SMILES string of the molecule is C=CCn1c(SCC(=O)c2ccc(C)cc2)nc2sc3c(c2c1=O)CCCC3. The lowest BCUT2D eigenvalue weighted by molar-refractivity contribution is 0.102. The topological polar surface area (TPSA) is 52.0 Å². The molecule has 0 saturated heterocycles. The van der Waals surface area contributed by atoms with Crippen LogP contribution < -0.4 is 5.56 Å². The highest BCUT2D eigenvalue weighted by molar-refractivity contribution is 7.99. The monoisotopic (exact) mass is 410 g/mol. The van der Waals surface area contributed by atoms with Gasteiger partial charge in [-0.2, -0.15) is 0 Å². The number of carbonyl (C=O) groups is 1. The van der Waals surface area contributed by atoms with Crippen molar-refractivity contribution in [3.05, 3.63) is 68.8 Å². The molecule has 2 aromatic heterocycles. The molecule has 0 spiro atoms. The Balaban J connectivity index is 1.68. The van der Waals surface area contributed by atoms with Gasteiger partial charge in [-0.05, 0) is 38.2 Å². The summed E-state index contributed by atoms with van der Waals surface area (Å²) in [5.74, 6) is 0.290. The van der Waals surface area contributed by atoms with E-state index in [9.17, 15) is 9.59 Å². The van der Waals surface area contributed by atoms with Gasteiger partial charge in [-0.25, -0.2) is 4.98 Å². The standard InChI is InChI=1S/C22H22N2O2S2/c1-3-12-24-21(26)19-16-6-4-5-7-18(16)28-20(19)23-22(24)27-13-17(25)15-10-8-14(2)9-11-15/h3,8-11H,1,4-7,12-13H2,2H3. The van der Waals surface area contributed by atoms with E-state index in [-0.39, 0.29) is 17.1 Å². The predicted octanol–water partition coefficient (Wildman–Crippen LogP) is 4.81. The van der Waals surface area contributed by atoms with Gasteiger partial charge in [0.1, 0.15) is 4.83 Å². The van der Waals surface area contributed by atoms with Crippen molar-refractivity contribution in [3.63, 3.8) is 0 Å². The molecule has 2 heterocycles. The first-order valence-electron chi connectivity index (χ1n) is 9.47. The van der Waals surface area contributed by atoms with E-state index in [4.69, 9.17) is 4.98 Å². The first-order chi connectivity index (χ1) is 13.6. The summed E-state index contributed by atoms with van der Waals surface area (Å²) in [6.45, 7) is 6.18. The lowest BCUT2D eigenvalue weighted by Gasteiger charge is -2.12. The molecule has 0 saturated carbocycles. The van der Waals surface area contributed by atoms with Crippen molar-refractivity contribution in [3.8, 4) is 0 Å². The molecular formula is C22H22N2O2S2. The molecule has 0 bridgehead atoms. The van der Waals surface area contributed by atoms with E-state index in [1.807, 2.05) is 31.2 Å². The van der Waals surface area contributed by atoms with Gasteiger partial charge in [-0.15, -0.1) is 17.9 Å². The number of thiophene rings is 1. The number of carbonyl (C=O) groups excluding carboxylic acids is 1. The van der Waals surface area contributed by atoms with Gasteiger partial charge in [0.15, 0.2) is 10.9 Å². The normalized spacial score (nSPS) is 13.5. The van der Waals surface area contributed by atoms with Crippen molar-refractivity contribution in [2.24, 2.45) is 0 Å². The smallest absolute Gasteiger partial charge is 0.263 e. The summed E-state index contributed by atoms with van der Waals surface area (Å²) < 4.78 is 1.66. The maximum absolute atomic E-state index is 13.2. The fourth-order valence-corrected chi connectivity index (χ4v) is 5.78. The molecular weight excluding hydrogens is 388 g/mol. The summed E-state index contributed by atoms with van der Waals surface area (Å²) >= 11 is 2.97. The van der Waals surface area contributed by atoms with E-state index in [0.717, 1.165) is 35.0 Å². The molecule has 0 fully saturated rings. The Kier molecular flexibility index (Phi) is 5.51. The maximum atomic E-state index is 13.2. The van der Waals surface area contributed by atoms with Crippen molar-refractivity contribution in [1.82, 2.24) is 9.55 Å². The Morgan fingerprint density at radius 1 is 1.29 bits per heavy atom. The Morgan fingerprint density at radius 3 is 2.79 bits per heavy atom. The van der Waals surface area contributed by atoms with Crippen LogP contribution in [0, 0.1) is 6.92 Å². The second-order valence-corrected chi connectivity index (χ2v) is 9.09. The van der Waals surface area contributed by atoms with Crippen LogP contribution in [-0.2, 0) is 19.4 Å². The van der Waals surface area contributed by atoms with Crippen LogP contribution in [0.5, 0.6) is 0 Å². The molecule has 1 aliphatic carbocycles. The number of allylic oxidation sites excluding steroid dienone is 1. The number of aryl methyl sites for hydroxylation is 3. The summed E-state index contributed by atoms with van der Waals surface area (Å²) in [5, 5.41) is 1.37. The highest BCUT2D eigenvalue weighted by Gasteiger charge is 2.22. The van der Waals surface area contributed by atoms with Crippen molar-refractivity contribution in [1.29, 1.82) is 0 Å². The zero-order valence-electron chi connectivity index (χ0n) is 15.9. The van der Waals surface area contributed by atoms with Gasteiger partial charge in [0.25, 0.3) is 5.56 Å². The minimum absolute atomic E-state index is 0.00501. The molecule has 6 heteroatoms. The molecule has 0 N–H and O–H groups in total. The molecule has 0 aliphatic heterocycles. The third kappa shape index (κ3) is 3.59. The Bertz CT molecular complexity index is 1110. The Labute approximate surface area is 172 Å². The molecule has 1 aliphatic rings. The van der Waals surface area contributed by atoms with Gasteiger partial charge < -0.3 is 0 Å². The fourth-order valence-electron chi connectivity index (χ4n) is 3.57. The van der Waals surface area contributed by atoms with Crippen LogP contribution in [0.15, 0.2) is 46.9 Å². The zero-order chi connectivity index (χ0) is 19.7. The minimum Gasteiger partial charge on any atom is -0.293 e. The molecule has 28 heavy (non-hydrogen) atoms. The van der Waals surface area contributed by atoms with Crippen LogP contribution in [0.25, 0.3) is 10.2 Å². The number of benzene rings is 1. The van der Waals surface area contributed by atoms with E-state index in [1.54, 1.807) is 22.0 Å². The third-order valence-electron chi connectivity index (χ3n) is 5.06. The number of ketones is 1. The van der Waals surface area contributed by atoms with Crippen LogP contribution in [0.2, 0.25) is 0 Å². The van der Waals surface area contributed by atoms with Crippen molar-refractivity contribution >= 4 is 39.1 Å². The molecule has 0 unspecified atom stereocenters. The number of hydrogen-bond donors (Lipinski definition) is 0. The number of thioether (sulfide) groups is 1. The number of aromatic nitrogens is 2. The molecule has 144 valence electrons. The molecule has 1 aromatic carbocycles. The van der Waals surface area contributed by atoms with E-state index < -0.39 is 0 Å². The van der Waals surface area contributed by atoms with Gasteiger partial charge in [-0.3, -0.25) is 14.2 Å². The lowest BCUT2D eigenvalue weighted by Crippen LogP contribution is -2.23. The number of Topliss-reactive ketones (excluding diaryl/α,β-unsaturated/α-hetero) is 1. The van der Waals surface area contributed by atoms with E-state index in [2.05, 4.69) is 6.58 Å². The second kappa shape index (κ2) is 8.05. The number of rotatable bonds is 6. The molecule has 0 amide bonds. The van der Waals surface area contributed by atoms with Crippen LogP contribution in [0.3, 0.4) is 0 Å². The lowest BCUT2D eigenvalue weighted by atomic mass is 9.97. The van der Waals surface area contributed by atoms with Gasteiger partial charge in [0, 0.05) is 17.0 Å². The van der Waals surface area contributed by atoms with Crippen LogP contribution in [0.4, 0.5) is 0 Å². The second-order valence-electron chi connectivity index (χ2n) is 7.07. The van der Waals surface area contributed by atoms with Crippen molar-refractivity contribution in [2.75, 3.05) is 5.75 Å². The van der Waals surface area contributed by atoms with Gasteiger partial charge >= 0.3 is 0 Å². The number of nitrogens with zero attached hydrogens (tertiary/aromatic N) is 2. The average Bonchev–Trinajstić information content (AvgIpc) is 3.07. The van der Waals surface area contributed by atoms with Crippen molar-refractivity contribution < 1.29 is 4.79 Å². The maximum Gasteiger partial charge on any atom is 0.263 e. The van der Waals surface area contributed by atoms with E-state index in [1.165, 1.54) is 28.6 Å². The van der Waals surface area contributed by atoms with Gasteiger partial charge in [0.2, 0.25) is 0 Å². The Hall–Kier alpha value is -2.18. The van der Waals surface area contributed by atoms with Crippen LogP contribution in [-0.4, -0.2) is 21.1 Å². The molecule has 0 atom stereocenters. The summed E-state index contributed by atoms with van der Waals surface area (Å²) in [7, 11) is 0. The molecule has 0 radical (unpaired) electrons. The largest absolute Gasteiger partial charge is 0.293 e. The average molecular weight is 411 g/mol. The summed E-state index contributed by atoms with van der Waals surface area (Å²) in [5.41, 5.74) is 2.99. The quantitative estimate of drug-likeness (QED) is 0.253. The fraction of sp³-hybridized carbons (Fsp3) is 0.318. The first-order valence-corrected chi connectivity index (χ1v) is 11.3. The molecule has 3 aromatic rings. The summed E-state index contributed by atoms with van der Waals surface area (Å²) in [4.78, 5) is 32.7. The van der Waals surface area contributed by atoms with Crippen LogP contribution >= 0.6 is 23.1 Å². The highest BCUT2D eigenvalue weighted by atomic mass is 32.2. The minimum atomic E-state index is -0.00501.